The van der Waals surface area contributed by atoms with Gasteiger partial charge >= 0.3 is 0 Å². The zero-order chi connectivity index (χ0) is 25.2. The minimum Gasteiger partial charge on any atom is -0.507 e. The Morgan fingerprint density at radius 2 is 1.92 bits per heavy atom. The Kier molecular flexibility index (Phi) is 7.63. The number of likely N-dealkylation sites (tertiary alicyclic amines) is 1. The van der Waals surface area contributed by atoms with Gasteiger partial charge in [0.25, 0.3) is 0 Å². The molecule has 36 heavy (non-hydrogen) atoms. The largest absolute Gasteiger partial charge is 0.507 e. The quantitative estimate of drug-likeness (QED) is 0.395. The van der Waals surface area contributed by atoms with Gasteiger partial charge in [0.05, 0.1) is 31.2 Å². The van der Waals surface area contributed by atoms with Gasteiger partial charge in [0.1, 0.15) is 5.75 Å². The topological polar surface area (TPSA) is 76.1 Å². The molecule has 1 aromatic rings. The summed E-state index contributed by atoms with van der Waals surface area (Å²) in [4.78, 5) is 28.8. The summed E-state index contributed by atoms with van der Waals surface area (Å²) in [5.41, 5.74) is 4.45. The highest BCUT2D eigenvalue weighted by molar-refractivity contribution is 6.06. The molecule has 3 fully saturated rings. The minimum absolute atomic E-state index is 0.0313. The maximum absolute atomic E-state index is 13.7. The standard InChI is InChI=1S/C30H39NO5/c1-3-19(15-20-9-7-8-12-25(20)32)13-14-26-27-21(17-35-2)16-23-28(24(27)18-36-26)30(34)31(29(23)33)22-10-5-4-6-11-22/h7-9,12,15,22-24,26,28,32H,3-6,10-11,13-14,16-18H2,1-2H3/b19-15+/t23-,24+,26-,28-/m1/s1. The zero-order valence-corrected chi connectivity index (χ0v) is 21.6. The first-order chi connectivity index (χ1) is 17.5. The first-order valence-corrected chi connectivity index (χ1v) is 13.7. The van der Waals surface area contributed by atoms with Crippen molar-refractivity contribution in [3.8, 4) is 5.75 Å². The molecule has 4 aliphatic rings. The van der Waals surface area contributed by atoms with Crippen molar-refractivity contribution >= 4 is 17.9 Å². The van der Waals surface area contributed by atoms with E-state index in [0.717, 1.165) is 56.1 Å². The number of rotatable bonds is 8. The van der Waals surface area contributed by atoms with Gasteiger partial charge in [-0.3, -0.25) is 14.5 Å². The van der Waals surface area contributed by atoms with Crippen molar-refractivity contribution in [2.45, 2.75) is 76.9 Å². The molecule has 0 bridgehead atoms. The summed E-state index contributed by atoms with van der Waals surface area (Å²) in [6.45, 7) is 3.11. The Hall–Kier alpha value is -2.44. The average Bonchev–Trinajstić information content (AvgIpc) is 3.42. The van der Waals surface area contributed by atoms with Crippen LogP contribution in [0.3, 0.4) is 0 Å². The van der Waals surface area contributed by atoms with E-state index in [1.165, 1.54) is 17.6 Å². The van der Waals surface area contributed by atoms with Gasteiger partial charge in [-0.25, -0.2) is 0 Å². The number of phenols is 1. The van der Waals surface area contributed by atoms with E-state index in [-0.39, 0.29) is 47.5 Å². The number of aromatic hydroxyl groups is 1. The number of allylic oxidation sites excluding steroid dienone is 1. The molecule has 1 aromatic carbocycles. The van der Waals surface area contributed by atoms with Crippen LogP contribution >= 0.6 is 0 Å². The molecule has 1 N–H and O–H groups in total. The van der Waals surface area contributed by atoms with Crippen molar-refractivity contribution in [1.29, 1.82) is 0 Å². The molecule has 6 heteroatoms. The molecule has 1 saturated carbocycles. The van der Waals surface area contributed by atoms with E-state index >= 15 is 0 Å². The Bertz CT molecular complexity index is 1050. The number of fused-ring (bicyclic) bond motifs is 3. The van der Waals surface area contributed by atoms with Crippen LogP contribution in [0.15, 0.2) is 41.0 Å². The Morgan fingerprint density at radius 1 is 1.14 bits per heavy atom. The molecule has 0 spiro atoms. The fourth-order valence-electron chi connectivity index (χ4n) is 7.00. The SMILES string of the molecule is CC/C(=C\c1ccccc1O)CC[C@H]1OC[C@H]2C1=C(COC)C[C@H]1C(=O)N(C3CCCCC3)C(=O)[C@H]12. The number of hydrogen-bond donors (Lipinski definition) is 1. The number of para-hydroxylation sites is 1. The Morgan fingerprint density at radius 3 is 2.64 bits per heavy atom. The number of nitrogens with zero attached hydrogens (tertiary/aromatic N) is 1. The molecule has 194 valence electrons. The Balaban J connectivity index is 1.36. The number of methoxy groups -OCH3 is 1. The molecule has 4 atom stereocenters. The molecule has 2 heterocycles. The lowest BCUT2D eigenvalue weighted by atomic mass is 9.69. The maximum Gasteiger partial charge on any atom is 0.234 e. The summed E-state index contributed by atoms with van der Waals surface area (Å²) in [6, 6.07) is 7.47. The zero-order valence-electron chi connectivity index (χ0n) is 21.6. The van der Waals surface area contributed by atoms with Crippen LogP contribution in [0.1, 0.15) is 70.3 Å². The van der Waals surface area contributed by atoms with E-state index in [1.807, 2.05) is 18.2 Å². The van der Waals surface area contributed by atoms with Crippen molar-refractivity contribution in [3.63, 3.8) is 0 Å². The predicted octanol–water partition coefficient (Wildman–Crippen LogP) is 5.26. The lowest BCUT2D eigenvalue weighted by molar-refractivity contribution is -0.143. The second-order valence-corrected chi connectivity index (χ2v) is 10.8. The number of ether oxygens (including phenoxy) is 2. The highest BCUT2D eigenvalue weighted by atomic mass is 16.5. The molecule has 6 nitrogen and oxygen atoms in total. The van der Waals surface area contributed by atoms with Gasteiger partial charge in [-0.2, -0.15) is 0 Å². The van der Waals surface area contributed by atoms with Crippen LogP contribution in [0.4, 0.5) is 0 Å². The first-order valence-electron chi connectivity index (χ1n) is 13.7. The van der Waals surface area contributed by atoms with E-state index < -0.39 is 0 Å². The number of hydrogen-bond acceptors (Lipinski definition) is 5. The molecule has 0 radical (unpaired) electrons. The lowest BCUT2D eigenvalue weighted by Crippen LogP contribution is -2.42. The highest BCUT2D eigenvalue weighted by Crippen LogP contribution is 2.50. The van der Waals surface area contributed by atoms with Crippen LogP contribution in [-0.4, -0.2) is 54.3 Å². The smallest absolute Gasteiger partial charge is 0.234 e. The monoisotopic (exact) mass is 493 g/mol. The van der Waals surface area contributed by atoms with Gasteiger partial charge in [-0.15, -0.1) is 0 Å². The van der Waals surface area contributed by atoms with Crippen molar-refractivity contribution in [2.24, 2.45) is 17.8 Å². The highest BCUT2D eigenvalue weighted by Gasteiger charge is 2.58. The maximum atomic E-state index is 13.7. The number of amides is 2. The molecular weight excluding hydrogens is 454 g/mol. The second kappa shape index (κ2) is 10.9. The summed E-state index contributed by atoms with van der Waals surface area (Å²) in [5.74, 6) is -0.233. The fraction of sp³-hybridized carbons (Fsp3) is 0.600. The van der Waals surface area contributed by atoms with Crippen LogP contribution in [0.5, 0.6) is 5.75 Å². The van der Waals surface area contributed by atoms with E-state index in [2.05, 4.69) is 13.0 Å². The second-order valence-electron chi connectivity index (χ2n) is 10.8. The van der Waals surface area contributed by atoms with Gasteiger partial charge in [0, 0.05) is 24.6 Å². The molecule has 2 aliphatic heterocycles. The van der Waals surface area contributed by atoms with Crippen LogP contribution in [0.2, 0.25) is 0 Å². The summed E-state index contributed by atoms with van der Waals surface area (Å²) in [5, 5.41) is 10.2. The van der Waals surface area contributed by atoms with Crippen LogP contribution in [0.25, 0.3) is 6.08 Å². The van der Waals surface area contributed by atoms with Gasteiger partial charge < -0.3 is 14.6 Å². The van der Waals surface area contributed by atoms with E-state index in [9.17, 15) is 14.7 Å². The molecule has 0 unspecified atom stereocenters. The normalized spacial score (nSPS) is 29.2. The van der Waals surface area contributed by atoms with Crippen LogP contribution in [-0.2, 0) is 19.1 Å². The van der Waals surface area contributed by atoms with Gasteiger partial charge in [0.2, 0.25) is 11.8 Å². The summed E-state index contributed by atoms with van der Waals surface area (Å²) in [6.07, 6.45) is 10.4. The molecule has 2 amide bonds. The summed E-state index contributed by atoms with van der Waals surface area (Å²) in [7, 11) is 1.69. The van der Waals surface area contributed by atoms with Gasteiger partial charge in [-0.1, -0.05) is 56.0 Å². The molecule has 0 aromatic heterocycles. The Labute approximate surface area is 214 Å². The van der Waals surface area contributed by atoms with E-state index in [4.69, 9.17) is 9.47 Å². The number of imide groups is 1. The number of carbonyl (C=O) groups excluding carboxylic acids is 2. The van der Waals surface area contributed by atoms with Gasteiger partial charge in [0.15, 0.2) is 0 Å². The average molecular weight is 494 g/mol. The number of benzene rings is 1. The number of carbonyl (C=O) groups is 2. The lowest BCUT2D eigenvalue weighted by Gasteiger charge is -2.31. The van der Waals surface area contributed by atoms with E-state index in [1.54, 1.807) is 18.1 Å². The van der Waals surface area contributed by atoms with Crippen molar-refractivity contribution < 1.29 is 24.2 Å². The van der Waals surface area contributed by atoms with Crippen molar-refractivity contribution in [3.05, 3.63) is 46.5 Å². The minimum atomic E-state index is -0.289. The molecule has 2 saturated heterocycles. The molecule has 2 aliphatic carbocycles. The fourth-order valence-corrected chi connectivity index (χ4v) is 7.00. The first kappa shape index (κ1) is 25.2. The molecular formula is C30H39NO5. The van der Waals surface area contributed by atoms with Gasteiger partial charge in [-0.05, 0) is 55.7 Å². The third-order valence-electron chi connectivity index (χ3n) is 8.78. The third-order valence-corrected chi connectivity index (χ3v) is 8.78. The summed E-state index contributed by atoms with van der Waals surface area (Å²) < 4.78 is 11.9. The van der Waals surface area contributed by atoms with E-state index in [0.29, 0.717) is 19.6 Å². The predicted molar refractivity (Wildman–Crippen MR) is 138 cm³/mol. The summed E-state index contributed by atoms with van der Waals surface area (Å²) >= 11 is 0. The van der Waals surface area contributed by atoms with Crippen molar-refractivity contribution in [2.75, 3.05) is 20.3 Å². The third kappa shape index (κ3) is 4.66. The van der Waals surface area contributed by atoms with Crippen LogP contribution < -0.4 is 0 Å². The molecule has 5 rings (SSSR count). The van der Waals surface area contributed by atoms with Crippen molar-refractivity contribution in [1.82, 2.24) is 4.90 Å². The number of phenolic OH excluding ortho intramolecular Hbond substituents is 1. The van der Waals surface area contributed by atoms with Crippen LogP contribution in [0, 0.1) is 17.8 Å².